The second kappa shape index (κ2) is 5.88. The Hall–Kier alpha value is -2.14. The largest absolute Gasteiger partial charge is 0.478 e. The third-order valence-electron chi connectivity index (χ3n) is 2.69. The molecule has 0 atom stereocenters. The van der Waals surface area contributed by atoms with Gasteiger partial charge in [0.25, 0.3) is 0 Å². The number of halogens is 3. The van der Waals surface area contributed by atoms with Crippen LogP contribution in [0.5, 0.6) is 0 Å². The number of aromatic carboxylic acids is 1. The standard InChI is InChI=1S/C14H10ClF2NO2/c15-11-6-8(14(19)20)1-4-13(11)18-7-9-5-10(16)2-3-12(9)17/h1-6,18H,7H2,(H,19,20). The fraction of sp³-hybridized carbons (Fsp3) is 0.0714. The molecular formula is C14H10ClF2NO2. The van der Waals surface area contributed by atoms with Gasteiger partial charge < -0.3 is 10.4 Å². The molecule has 0 aromatic heterocycles. The molecule has 0 aliphatic carbocycles. The molecule has 6 heteroatoms. The summed E-state index contributed by atoms with van der Waals surface area (Å²) in [5.74, 6) is -2.15. The van der Waals surface area contributed by atoms with Gasteiger partial charge in [-0.15, -0.1) is 0 Å². The Balaban J connectivity index is 2.15. The molecule has 0 saturated heterocycles. The summed E-state index contributed by atoms with van der Waals surface area (Å²) < 4.78 is 26.4. The van der Waals surface area contributed by atoms with Gasteiger partial charge in [-0.25, -0.2) is 13.6 Å². The molecule has 0 spiro atoms. The predicted molar refractivity (Wildman–Crippen MR) is 72.1 cm³/mol. The minimum Gasteiger partial charge on any atom is -0.478 e. The third kappa shape index (κ3) is 3.24. The number of hydrogen-bond donors (Lipinski definition) is 2. The van der Waals surface area contributed by atoms with Crippen molar-refractivity contribution in [3.8, 4) is 0 Å². The lowest BCUT2D eigenvalue weighted by Crippen LogP contribution is -2.04. The molecule has 104 valence electrons. The topological polar surface area (TPSA) is 49.3 Å². The summed E-state index contributed by atoms with van der Waals surface area (Å²) >= 11 is 5.92. The van der Waals surface area contributed by atoms with Crippen LogP contribution in [0.4, 0.5) is 14.5 Å². The van der Waals surface area contributed by atoms with Crippen LogP contribution in [0.25, 0.3) is 0 Å². The Bertz CT molecular complexity index is 662. The number of carboxylic acid groups (broad SMARTS) is 1. The molecule has 2 aromatic rings. The second-order valence-electron chi connectivity index (χ2n) is 4.09. The van der Waals surface area contributed by atoms with Crippen molar-refractivity contribution in [2.45, 2.75) is 6.54 Å². The average Bonchev–Trinajstić information content (AvgIpc) is 2.40. The van der Waals surface area contributed by atoms with Gasteiger partial charge in [0.15, 0.2) is 0 Å². The van der Waals surface area contributed by atoms with E-state index in [0.29, 0.717) is 5.69 Å². The zero-order valence-electron chi connectivity index (χ0n) is 10.2. The molecule has 0 bridgehead atoms. The number of benzene rings is 2. The van der Waals surface area contributed by atoms with Gasteiger partial charge in [-0.3, -0.25) is 0 Å². The molecule has 0 saturated carbocycles. The van der Waals surface area contributed by atoms with E-state index in [1.54, 1.807) is 0 Å². The van der Waals surface area contributed by atoms with Crippen LogP contribution in [0.1, 0.15) is 15.9 Å². The third-order valence-corrected chi connectivity index (χ3v) is 3.01. The van der Waals surface area contributed by atoms with Gasteiger partial charge in [0.2, 0.25) is 0 Å². The van der Waals surface area contributed by atoms with Gasteiger partial charge >= 0.3 is 5.97 Å². The van der Waals surface area contributed by atoms with E-state index in [2.05, 4.69) is 5.32 Å². The highest BCUT2D eigenvalue weighted by atomic mass is 35.5. The molecule has 0 fully saturated rings. The highest BCUT2D eigenvalue weighted by Crippen LogP contribution is 2.24. The molecule has 20 heavy (non-hydrogen) atoms. The monoisotopic (exact) mass is 297 g/mol. The van der Waals surface area contributed by atoms with Gasteiger partial charge in [0, 0.05) is 12.1 Å². The Morgan fingerprint density at radius 2 is 1.95 bits per heavy atom. The molecule has 0 unspecified atom stereocenters. The van der Waals surface area contributed by atoms with Crippen LogP contribution in [0, 0.1) is 11.6 Å². The smallest absolute Gasteiger partial charge is 0.335 e. The number of anilines is 1. The van der Waals surface area contributed by atoms with Crippen molar-refractivity contribution in [2.24, 2.45) is 0 Å². The highest BCUT2D eigenvalue weighted by molar-refractivity contribution is 6.33. The van der Waals surface area contributed by atoms with Crippen molar-refractivity contribution >= 4 is 23.3 Å². The summed E-state index contributed by atoms with van der Waals surface area (Å²) in [6.07, 6.45) is 0. The average molecular weight is 298 g/mol. The van der Waals surface area contributed by atoms with Crippen LogP contribution in [-0.2, 0) is 6.54 Å². The quantitative estimate of drug-likeness (QED) is 0.899. The first-order chi connectivity index (χ1) is 9.47. The van der Waals surface area contributed by atoms with E-state index < -0.39 is 17.6 Å². The van der Waals surface area contributed by atoms with E-state index in [9.17, 15) is 13.6 Å². The molecule has 0 radical (unpaired) electrons. The SMILES string of the molecule is O=C(O)c1ccc(NCc2cc(F)ccc2F)c(Cl)c1. The molecule has 2 aromatic carbocycles. The maximum absolute atomic E-state index is 13.4. The molecular weight excluding hydrogens is 288 g/mol. The zero-order valence-corrected chi connectivity index (χ0v) is 10.9. The Morgan fingerprint density at radius 1 is 1.20 bits per heavy atom. The minimum absolute atomic E-state index is 0.0374. The minimum atomic E-state index is -1.09. The van der Waals surface area contributed by atoms with Crippen LogP contribution in [-0.4, -0.2) is 11.1 Å². The summed E-state index contributed by atoms with van der Waals surface area (Å²) in [7, 11) is 0. The molecule has 3 nitrogen and oxygen atoms in total. The number of nitrogens with one attached hydrogen (secondary N) is 1. The van der Waals surface area contributed by atoms with Crippen LogP contribution in [0.15, 0.2) is 36.4 Å². The van der Waals surface area contributed by atoms with Crippen molar-refractivity contribution in [2.75, 3.05) is 5.32 Å². The predicted octanol–water partition coefficient (Wildman–Crippen LogP) is 3.93. The normalized spacial score (nSPS) is 10.3. The Kier molecular flexibility index (Phi) is 4.20. The maximum Gasteiger partial charge on any atom is 0.335 e. The van der Waals surface area contributed by atoms with Gasteiger partial charge in [-0.2, -0.15) is 0 Å². The summed E-state index contributed by atoms with van der Waals surface area (Å²) in [4.78, 5) is 10.8. The molecule has 2 rings (SSSR count). The van der Waals surface area contributed by atoms with Crippen LogP contribution in [0.2, 0.25) is 5.02 Å². The lowest BCUT2D eigenvalue weighted by Gasteiger charge is -2.10. The van der Waals surface area contributed by atoms with E-state index in [4.69, 9.17) is 16.7 Å². The van der Waals surface area contributed by atoms with Gasteiger partial charge in [0.05, 0.1) is 16.3 Å². The lowest BCUT2D eigenvalue weighted by molar-refractivity contribution is 0.0697. The Labute approximate surface area is 118 Å². The van der Waals surface area contributed by atoms with Crippen molar-refractivity contribution in [3.63, 3.8) is 0 Å². The highest BCUT2D eigenvalue weighted by Gasteiger charge is 2.08. The first-order valence-electron chi connectivity index (χ1n) is 5.68. The zero-order chi connectivity index (χ0) is 14.7. The molecule has 0 aliphatic heterocycles. The van der Waals surface area contributed by atoms with Gasteiger partial charge in [-0.1, -0.05) is 11.6 Å². The van der Waals surface area contributed by atoms with Crippen molar-refractivity contribution in [3.05, 3.63) is 64.2 Å². The molecule has 0 aliphatic rings. The molecule has 0 heterocycles. The van der Waals surface area contributed by atoms with Gasteiger partial charge in [0.1, 0.15) is 11.6 Å². The van der Waals surface area contributed by atoms with Gasteiger partial charge in [-0.05, 0) is 36.4 Å². The van der Waals surface area contributed by atoms with E-state index in [0.717, 1.165) is 18.2 Å². The fourth-order valence-corrected chi connectivity index (χ4v) is 1.91. The van der Waals surface area contributed by atoms with Crippen LogP contribution < -0.4 is 5.32 Å². The van der Waals surface area contributed by atoms with E-state index in [1.807, 2.05) is 0 Å². The van der Waals surface area contributed by atoms with Crippen LogP contribution >= 0.6 is 11.6 Å². The first kappa shape index (κ1) is 14.3. The van der Waals surface area contributed by atoms with Crippen molar-refractivity contribution in [1.82, 2.24) is 0 Å². The molecule has 0 amide bonds. The fourth-order valence-electron chi connectivity index (χ4n) is 1.66. The molecule has 2 N–H and O–H groups in total. The van der Waals surface area contributed by atoms with Crippen molar-refractivity contribution < 1.29 is 18.7 Å². The lowest BCUT2D eigenvalue weighted by atomic mass is 10.2. The van der Waals surface area contributed by atoms with Crippen LogP contribution in [0.3, 0.4) is 0 Å². The summed E-state index contributed by atoms with van der Waals surface area (Å²) in [6, 6.07) is 7.30. The summed E-state index contributed by atoms with van der Waals surface area (Å²) in [6.45, 7) is 0.0374. The number of hydrogen-bond acceptors (Lipinski definition) is 2. The number of rotatable bonds is 4. The first-order valence-corrected chi connectivity index (χ1v) is 6.06. The van der Waals surface area contributed by atoms with E-state index >= 15 is 0 Å². The van der Waals surface area contributed by atoms with Crippen molar-refractivity contribution in [1.29, 1.82) is 0 Å². The number of carbonyl (C=O) groups is 1. The second-order valence-corrected chi connectivity index (χ2v) is 4.50. The summed E-state index contributed by atoms with van der Waals surface area (Å²) in [5.41, 5.74) is 0.654. The summed E-state index contributed by atoms with van der Waals surface area (Å²) in [5, 5.41) is 11.8. The Morgan fingerprint density at radius 3 is 2.60 bits per heavy atom. The number of carboxylic acids is 1. The van der Waals surface area contributed by atoms with E-state index in [-0.39, 0.29) is 22.7 Å². The van der Waals surface area contributed by atoms with E-state index in [1.165, 1.54) is 18.2 Å². The maximum atomic E-state index is 13.4.